The Bertz CT molecular complexity index is 1010. The topological polar surface area (TPSA) is 69.0 Å². The number of hydrogen-bond donors (Lipinski definition) is 1. The van der Waals surface area contributed by atoms with Gasteiger partial charge >= 0.3 is 0 Å². The highest BCUT2D eigenvalue weighted by atomic mass is 127. The first kappa shape index (κ1) is 22.6. The molecule has 0 unspecified atom stereocenters. The fourth-order valence-electron chi connectivity index (χ4n) is 2.98. The Morgan fingerprint density at radius 3 is 2.47 bits per heavy atom. The summed E-state index contributed by atoms with van der Waals surface area (Å²) in [5, 5.41) is 12.1. The normalized spacial score (nSPS) is 10.8. The number of nitrogens with one attached hydrogen (secondary N) is 1. The number of halogens is 1. The number of ether oxygens (including phenoxy) is 1. The van der Waals surface area contributed by atoms with Crippen molar-refractivity contribution in [3.63, 3.8) is 0 Å². The Morgan fingerprint density at radius 2 is 1.83 bits per heavy atom. The third-order valence-corrected chi connectivity index (χ3v) is 6.36. The van der Waals surface area contributed by atoms with Crippen LogP contribution in [0.5, 0.6) is 5.75 Å². The molecule has 1 amide bonds. The molecular formula is C22H25IN4O2S. The fourth-order valence-corrected chi connectivity index (χ4v) is 4.64. The van der Waals surface area contributed by atoms with Gasteiger partial charge in [-0.05, 0) is 83.8 Å². The number of aryl methyl sites for hydroxylation is 3. The molecule has 0 aliphatic heterocycles. The molecule has 2 aromatic carbocycles. The molecule has 0 radical (unpaired) electrons. The smallest absolute Gasteiger partial charge is 0.234 e. The van der Waals surface area contributed by atoms with E-state index >= 15 is 0 Å². The zero-order valence-electron chi connectivity index (χ0n) is 17.5. The van der Waals surface area contributed by atoms with Crippen molar-refractivity contribution in [2.75, 3.05) is 11.1 Å². The summed E-state index contributed by atoms with van der Waals surface area (Å²) >= 11 is 3.64. The molecule has 158 valence electrons. The van der Waals surface area contributed by atoms with Crippen LogP contribution in [0.4, 0.5) is 5.69 Å². The lowest BCUT2D eigenvalue weighted by atomic mass is 10.1. The molecule has 1 N–H and O–H groups in total. The second kappa shape index (κ2) is 10.3. The molecule has 0 bridgehead atoms. The second-order valence-electron chi connectivity index (χ2n) is 7.00. The monoisotopic (exact) mass is 536 g/mol. The SMILES string of the molecule is CCc1ccc(OCc2nnc(SCC(=O)Nc3c(C)cc(I)cc3C)n2C)cc1. The number of amides is 1. The number of hydrogen-bond acceptors (Lipinski definition) is 5. The summed E-state index contributed by atoms with van der Waals surface area (Å²) in [5.74, 6) is 1.70. The number of anilines is 1. The minimum atomic E-state index is -0.0655. The number of aromatic nitrogens is 3. The van der Waals surface area contributed by atoms with Crippen LogP contribution in [0.15, 0.2) is 41.6 Å². The molecule has 0 aliphatic rings. The molecule has 0 spiro atoms. The number of carbonyl (C=O) groups is 1. The third kappa shape index (κ3) is 5.75. The minimum absolute atomic E-state index is 0.0655. The molecule has 3 rings (SSSR count). The summed E-state index contributed by atoms with van der Waals surface area (Å²) in [6.45, 7) is 6.45. The molecule has 0 aliphatic carbocycles. The summed E-state index contributed by atoms with van der Waals surface area (Å²) in [6.07, 6.45) is 1.00. The zero-order chi connectivity index (χ0) is 21.7. The van der Waals surface area contributed by atoms with Crippen LogP contribution in [0.3, 0.4) is 0 Å². The van der Waals surface area contributed by atoms with Crippen LogP contribution < -0.4 is 10.1 Å². The van der Waals surface area contributed by atoms with Crippen molar-refractivity contribution in [3.8, 4) is 5.75 Å². The van der Waals surface area contributed by atoms with Gasteiger partial charge in [-0.2, -0.15) is 0 Å². The Hall–Kier alpha value is -2.07. The van der Waals surface area contributed by atoms with Gasteiger partial charge < -0.3 is 14.6 Å². The average Bonchev–Trinajstić information content (AvgIpc) is 3.07. The molecule has 1 heterocycles. The standard InChI is InChI=1S/C22H25IN4O2S/c1-5-16-6-8-18(9-7-16)29-12-19-25-26-22(27(19)4)30-13-20(28)24-21-14(2)10-17(23)11-15(21)3/h6-11H,5,12-13H2,1-4H3,(H,24,28). The predicted molar refractivity (Wildman–Crippen MR) is 129 cm³/mol. The van der Waals surface area contributed by atoms with E-state index in [9.17, 15) is 4.79 Å². The number of thioether (sulfide) groups is 1. The van der Waals surface area contributed by atoms with Gasteiger partial charge in [0.25, 0.3) is 0 Å². The van der Waals surface area contributed by atoms with Gasteiger partial charge in [0.1, 0.15) is 12.4 Å². The van der Waals surface area contributed by atoms with Crippen LogP contribution in [0, 0.1) is 17.4 Å². The van der Waals surface area contributed by atoms with E-state index in [1.807, 2.05) is 37.6 Å². The number of benzene rings is 2. The molecule has 0 saturated heterocycles. The molecule has 6 nitrogen and oxygen atoms in total. The highest BCUT2D eigenvalue weighted by molar-refractivity contribution is 14.1. The van der Waals surface area contributed by atoms with E-state index < -0.39 is 0 Å². The van der Waals surface area contributed by atoms with E-state index in [1.165, 1.54) is 17.3 Å². The maximum atomic E-state index is 12.4. The van der Waals surface area contributed by atoms with Crippen molar-refractivity contribution in [1.82, 2.24) is 14.8 Å². The summed E-state index contributed by atoms with van der Waals surface area (Å²) in [7, 11) is 1.88. The van der Waals surface area contributed by atoms with Crippen molar-refractivity contribution in [2.45, 2.75) is 39.0 Å². The molecule has 1 aromatic heterocycles. The Balaban J connectivity index is 1.55. The first-order valence-corrected chi connectivity index (χ1v) is 11.7. The Kier molecular flexibility index (Phi) is 7.76. The van der Waals surface area contributed by atoms with Crippen LogP contribution in [-0.2, 0) is 24.9 Å². The molecule has 3 aromatic rings. The quantitative estimate of drug-likeness (QED) is 0.328. The summed E-state index contributed by atoms with van der Waals surface area (Å²) in [6, 6.07) is 12.2. The van der Waals surface area contributed by atoms with Gasteiger partial charge in [0.05, 0.1) is 5.75 Å². The maximum absolute atomic E-state index is 12.4. The highest BCUT2D eigenvalue weighted by Crippen LogP contribution is 2.24. The van der Waals surface area contributed by atoms with Crippen LogP contribution >= 0.6 is 34.4 Å². The van der Waals surface area contributed by atoms with Gasteiger partial charge in [0, 0.05) is 16.3 Å². The van der Waals surface area contributed by atoms with Crippen LogP contribution in [-0.4, -0.2) is 26.4 Å². The van der Waals surface area contributed by atoms with Crippen LogP contribution in [0.1, 0.15) is 29.4 Å². The Labute approximate surface area is 195 Å². The average molecular weight is 536 g/mol. The van der Waals surface area contributed by atoms with E-state index in [1.54, 1.807) is 0 Å². The first-order valence-electron chi connectivity index (χ1n) is 9.66. The predicted octanol–water partition coefficient (Wildman–Crippen LogP) is 4.91. The van der Waals surface area contributed by atoms with Gasteiger partial charge in [-0.1, -0.05) is 30.8 Å². The van der Waals surface area contributed by atoms with E-state index in [0.29, 0.717) is 17.6 Å². The zero-order valence-corrected chi connectivity index (χ0v) is 20.5. The van der Waals surface area contributed by atoms with E-state index in [0.717, 1.165) is 32.6 Å². The second-order valence-corrected chi connectivity index (χ2v) is 9.18. The Morgan fingerprint density at radius 1 is 1.17 bits per heavy atom. The van der Waals surface area contributed by atoms with Crippen LogP contribution in [0.2, 0.25) is 0 Å². The minimum Gasteiger partial charge on any atom is -0.486 e. The highest BCUT2D eigenvalue weighted by Gasteiger charge is 2.14. The maximum Gasteiger partial charge on any atom is 0.234 e. The van der Waals surface area contributed by atoms with Crippen molar-refractivity contribution < 1.29 is 9.53 Å². The van der Waals surface area contributed by atoms with Gasteiger partial charge in [-0.15, -0.1) is 10.2 Å². The fraction of sp³-hybridized carbons (Fsp3) is 0.318. The van der Waals surface area contributed by atoms with Crippen molar-refractivity contribution in [1.29, 1.82) is 0 Å². The lowest BCUT2D eigenvalue weighted by Crippen LogP contribution is -2.16. The van der Waals surface area contributed by atoms with E-state index in [2.05, 4.69) is 69.3 Å². The first-order chi connectivity index (χ1) is 14.4. The molecule has 0 fully saturated rings. The van der Waals surface area contributed by atoms with Crippen molar-refractivity contribution in [3.05, 3.63) is 62.5 Å². The third-order valence-electron chi connectivity index (χ3n) is 4.72. The van der Waals surface area contributed by atoms with Crippen molar-refractivity contribution >= 4 is 45.9 Å². The van der Waals surface area contributed by atoms with Gasteiger partial charge in [-0.25, -0.2) is 0 Å². The lowest BCUT2D eigenvalue weighted by Gasteiger charge is -2.12. The van der Waals surface area contributed by atoms with E-state index in [4.69, 9.17) is 4.74 Å². The van der Waals surface area contributed by atoms with Gasteiger partial charge in [0.2, 0.25) is 5.91 Å². The summed E-state index contributed by atoms with van der Waals surface area (Å²) in [5.41, 5.74) is 4.27. The molecular weight excluding hydrogens is 511 g/mol. The van der Waals surface area contributed by atoms with Gasteiger partial charge in [-0.3, -0.25) is 4.79 Å². The lowest BCUT2D eigenvalue weighted by molar-refractivity contribution is -0.113. The molecule has 30 heavy (non-hydrogen) atoms. The number of carbonyl (C=O) groups excluding carboxylic acids is 1. The number of nitrogens with zero attached hydrogens (tertiary/aromatic N) is 3. The van der Waals surface area contributed by atoms with Gasteiger partial charge in [0.15, 0.2) is 11.0 Å². The summed E-state index contributed by atoms with van der Waals surface area (Å²) < 4.78 is 8.83. The molecule has 0 atom stereocenters. The molecule has 0 saturated carbocycles. The summed E-state index contributed by atoms with van der Waals surface area (Å²) in [4.78, 5) is 12.4. The van der Waals surface area contributed by atoms with Crippen LogP contribution in [0.25, 0.3) is 0 Å². The van der Waals surface area contributed by atoms with E-state index in [-0.39, 0.29) is 11.7 Å². The largest absolute Gasteiger partial charge is 0.486 e. The molecule has 8 heteroatoms. The number of rotatable bonds is 8. The van der Waals surface area contributed by atoms with Crippen molar-refractivity contribution in [2.24, 2.45) is 7.05 Å².